The number of carbonyl (C=O) groups is 3. The lowest BCUT2D eigenvalue weighted by atomic mass is 9.87. The number of hydrogen-bond acceptors (Lipinski definition) is 3. The molecule has 0 bridgehead atoms. The molecule has 0 saturated carbocycles. The minimum atomic E-state index is -1.18. The lowest BCUT2D eigenvalue weighted by Crippen LogP contribution is -2.44. The highest BCUT2D eigenvalue weighted by atomic mass is 35.5. The molecule has 1 saturated heterocycles. The SMILES string of the molecule is CC[C@@]1(c2ccccc2)NC(=O)N(CC(=O)Nc2c(Cl)cccc2Cl)C1=O. The molecule has 3 rings (SSSR count). The summed E-state index contributed by atoms with van der Waals surface area (Å²) in [6, 6.07) is 13.1. The van der Waals surface area contributed by atoms with Crippen LogP contribution in [0.1, 0.15) is 18.9 Å². The average Bonchev–Trinajstić information content (AvgIpc) is 2.90. The van der Waals surface area contributed by atoms with Crippen LogP contribution in [-0.2, 0) is 15.1 Å². The van der Waals surface area contributed by atoms with Gasteiger partial charge in [-0.15, -0.1) is 0 Å². The van der Waals surface area contributed by atoms with Gasteiger partial charge in [0.1, 0.15) is 12.1 Å². The number of para-hydroxylation sites is 1. The highest BCUT2D eigenvalue weighted by Gasteiger charge is 2.51. The van der Waals surface area contributed by atoms with Crippen molar-refractivity contribution in [2.75, 3.05) is 11.9 Å². The molecule has 140 valence electrons. The molecule has 27 heavy (non-hydrogen) atoms. The molecule has 1 fully saturated rings. The van der Waals surface area contributed by atoms with Crippen LogP contribution in [0.3, 0.4) is 0 Å². The maximum Gasteiger partial charge on any atom is 0.325 e. The van der Waals surface area contributed by atoms with Gasteiger partial charge in [0.2, 0.25) is 5.91 Å². The van der Waals surface area contributed by atoms with Crippen LogP contribution in [0.15, 0.2) is 48.5 Å². The first-order chi connectivity index (χ1) is 12.9. The van der Waals surface area contributed by atoms with Gasteiger partial charge in [-0.25, -0.2) is 4.79 Å². The Labute approximate surface area is 166 Å². The Morgan fingerprint density at radius 1 is 1.07 bits per heavy atom. The van der Waals surface area contributed by atoms with Crippen LogP contribution in [-0.4, -0.2) is 29.3 Å². The summed E-state index contributed by atoms with van der Waals surface area (Å²) in [5, 5.41) is 5.81. The summed E-state index contributed by atoms with van der Waals surface area (Å²) < 4.78 is 0. The Bertz CT molecular complexity index is 884. The minimum Gasteiger partial charge on any atom is -0.322 e. The van der Waals surface area contributed by atoms with E-state index in [-0.39, 0.29) is 15.7 Å². The summed E-state index contributed by atoms with van der Waals surface area (Å²) in [6.07, 6.45) is 0.357. The molecular weight excluding hydrogens is 389 g/mol. The monoisotopic (exact) mass is 405 g/mol. The van der Waals surface area contributed by atoms with E-state index in [0.717, 1.165) is 4.90 Å². The van der Waals surface area contributed by atoms with Crippen LogP contribution in [0.5, 0.6) is 0 Å². The number of halogens is 2. The molecule has 6 nitrogen and oxygen atoms in total. The predicted molar refractivity (Wildman–Crippen MR) is 104 cm³/mol. The normalized spacial score (nSPS) is 19.1. The molecular formula is C19H17Cl2N3O3. The van der Waals surface area contributed by atoms with Crippen LogP contribution in [0.4, 0.5) is 10.5 Å². The van der Waals surface area contributed by atoms with Gasteiger partial charge in [-0.1, -0.05) is 66.5 Å². The van der Waals surface area contributed by atoms with Gasteiger partial charge < -0.3 is 10.6 Å². The fraction of sp³-hybridized carbons (Fsp3) is 0.211. The zero-order valence-corrected chi connectivity index (χ0v) is 16.0. The summed E-state index contributed by atoms with van der Waals surface area (Å²) in [5.41, 5.74) is -0.272. The third kappa shape index (κ3) is 3.50. The third-order valence-electron chi connectivity index (χ3n) is 4.50. The number of benzene rings is 2. The third-order valence-corrected chi connectivity index (χ3v) is 5.13. The fourth-order valence-electron chi connectivity index (χ4n) is 3.07. The highest BCUT2D eigenvalue weighted by Crippen LogP contribution is 2.33. The van der Waals surface area contributed by atoms with Crippen molar-refractivity contribution in [3.05, 3.63) is 64.1 Å². The Kier molecular flexibility index (Phi) is 5.39. The van der Waals surface area contributed by atoms with Crippen LogP contribution in [0, 0.1) is 0 Å². The van der Waals surface area contributed by atoms with E-state index in [4.69, 9.17) is 23.2 Å². The minimum absolute atomic E-state index is 0.239. The van der Waals surface area contributed by atoms with Crippen LogP contribution in [0.2, 0.25) is 10.0 Å². The van der Waals surface area contributed by atoms with Crippen LogP contribution < -0.4 is 10.6 Å². The first-order valence-corrected chi connectivity index (χ1v) is 9.08. The van der Waals surface area contributed by atoms with Gasteiger partial charge >= 0.3 is 6.03 Å². The van der Waals surface area contributed by atoms with Crippen molar-refractivity contribution in [3.63, 3.8) is 0 Å². The van der Waals surface area contributed by atoms with E-state index in [1.54, 1.807) is 49.4 Å². The van der Waals surface area contributed by atoms with Gasteiger partial charge in [0.05, 0.1) is 15.7 Å². The number of carbonyl (C=O) groups excluding carboxylic acids is 3. The molecule has 1 aliphatic heterocycles. The number of nitrogens with zero attached hydrogens (tertiary/aromatic N) is 1. The molecule has 1 atom stereocenters. The first-order valence-electron chi connectivity index (χ1n) is 8.32. The van der Waals surface area contributed by atoms with E-state index in [0.29, 0.717) is 12.0 Å². The van der Waals surface area contributed by atoms with Crippen molar-refractivity contribution in [1.29, 1.82) is 0 Å². The number of imide groups is 1. The second-order valence-electron chi connectivity index (χ2n) is 6.09. The Balaban J connectivity index is 1.81. The van der Waals surface area contributed by atoms with Crippen molar-refractivity contribution >= 4 is 46.7 Å². The summed E-state index contributed by atoms with van der Waals surface area (Å²) in [7, 11) is 0. The zero-order valence-electron chi connectivity index (χ0n) is 14.5. The molecule has 0 unspecified atom stereocenters. The van der Waals surface area contributed by atoms with Crippen molar-refractivity contribution < 1.29 is 14.4 Å². The van der Waals surface area contributed by atoms with E-state index in [2.05, 4.69) is 10.6 Å². The second-order valence-corrected chi connectivity index (χ2v) is 6.91. The Morgan fingerprint density at radius 3 is 2.30 bits per heavy atom. The average molecular weight is 406 g/mol. The summed E-state index contributed by atoms with van der Waals surface area (Å²) >= 11 is 12.1. The smallest absolute Gasteiger partial charge is 0.322 e. The van der Waals surface area contributed by atoms with Crippen LogP contribution in [0.25, 0.3) is 0 Å². The zero-order chi connectivity index (χ0) is 19.6. The summed E-state index contributed by atoms with van der Waals surface area (Å²) in [5.74, 6) is -1.05. The molecule has 2 aromatic carbocycles. The van der Waals surface area contributed by atoms with Crippen molar-refractivity contribution in [2.45, 2.75) is 18.9 Å². The van der Waals surface area contributed by atoms with E-state index in [1.165, 1.54) is 0 Å². The van der Waals surface area contributed by atoms with E-state index in [1.807, 2.05) is 6.07 Å². The van der Waals surface area contributed by atoms with E-state index >= 15 is 0 Å². The first kappa shape index (κ1) is 19.2. The largest absolute Gasteiger partial charge is 0.325 e. The van der Waals surface area contributed by atoms with Crippen LogP contribution >= 0.6 is 23.2 Å². The number of rotatable bonds is 5. The highest BCUT2D eigenvalue weighted by molar-refractivity contribution is 6.39. The molecule has 0 aromatic heterocycles. The fourth-order valence-corrected chi connectivity index (χ4v) is 3.56. The maximum absolute atomic E-state index is 13.0. The summed E-state index contributed by atoms with van der Waals surface area (Å²) in [6.45, 7) is 1.36. The lowest BCUT2D eigenvalue weighted by Gasteiger charge is -2.25. The number of hydrogen-bond donors (Lipinski definition) is 2. The molecule has 4 amide bonds. The molecule has 2 aromatic rings. The molecule has 1 aliphatic rings. The molecule has 1 heterocycles. The van der Waals surface area contributed by atoms with Gasteiger partial charge in [0.15, 0.2) is 0 Å². The maximum atomic E-state index is 13.0. The van der Waals surface area contributed by atoms with Gasteiger partial charge in [-0.3, -0.25) is 14.5 Å². The van der Waals surface area contributed by atoms with Gasteiger partial charge in [0, 0.05) is 0 Å². The molecule has 2 N–H and O–H groups in total. The van der Waals surface area contributed by atoms with E-state index < -0.39 is 29.9 Å². The number of amides is 4. The number of nitrogens with one attached hydrogen (secondary N) is 2. The van der Waals surface area contributed by atoms with Crippen molar-refractivity contribution in [3.8, 4) is 0 Å². The van der Waals surface area contributed by atoms with Gasteiger partial charge in [-0.05, 0) is 24.1 Å². The van der Waals surface area contributed by atoms with E-state index in [9.17, 15) is 14.4 Å². The Morgan fingerprint density at radius 2 is 1.70 bits per heavy atom. The molecule has 0 spiro atoms. The Hall–Kier alpha value is -2.57. The predicted octanol–water partition coefficient (Wildman–Crippen LogP) is 3.79. The molecule has 0 aliphatic carbocycles. The van der Waals surface area contributed by atoms with Gasteiger partial charge in [0.25, 0.3) is 5.91 Å². The number of anilines is 1. The topological polar surface area (TPSA) is 78.5 Å². The molecule has 8 heteroatoms. The van der Waals surface area contributed by atoms with Crippen molar-refractivity contribution in [1.82, 2.24) is 10.2 Å². The number of urea groups is 1. The second kappa shape index (κ2) is 7.58. The quantitative estimate of drug-likeness (QED) is 0.742. The lowest BCUT2D eigenvalue weighted by molar-refractivity contribution is -0.134. The summed E-state index contributed by atoms with van der Waals surface area (Å²) in [4.78, 5) is 38.7. The standard InChI is InChI=1S/C19H17Cl2N3O3/c1-2-19(12-7-4-3-5-8-12)17(26)24(18(27)23-19)11-15(25)22-16-13(20)9-6-10-14(16)21/h3-10H,2,11H2,1H3,(H,22,25)(H,23,27)/t19-/m0/s1. The van der Waals surface area contributed by atoms with Crippen molar-refractivity contribution in [2.24, 2.45) is 0 Å². The molecule has 0 radical (unpaired) electrons. The van der Waals surface area contributed by atoms with Gasteiger partial charge in [-0.2, -0.15) is 0 Å².